The zero-order valence-electron chi connectivity index (χ0n) is 12.9. The molecule has 2 heterocycles. The van der Waals surface area contributed by atoms with Gasteiger partial charge in [-0.2, -0.15) is 0 Å². The summed E-state index contributed by atoms with van der Waals surface area (Å²) in [7, 11) is 2.16. The molecule has 1 amide bonds. The molecule has 5 nitrogen and oxygen atoms in total. The number of hydrogen-bond donors (Lipinski definition) is 2. The Morgan fingerprint density at radius 1 is 1.35 bits per heavy atom. The van der Waals surface area contributed by atoms with Crippen LogP contribution in [-0.4, -0.2) is 63.3 Å². The van der Waals surface area contributed by atoms with E-state index < -0.39 is 0 Å². The van der Waals surface area contributed by atoms with Crippen molar-refractivity contribution in [3.63, 3.8) is 0 Å². The summed E-state index contributed by atoms with van der Waals surface area (Å²) in [5.74, 6) is 0.0312. The minimum atomic E-state index is 0.0312. The average Bonchev–Trinajstić information content (AvgIpc) is 2.48. The molecule has 0 spiro atoms. The summed E-state index contributed by atoms with van der Waals surface area (Å²) in [5, 5.41) is 6.34. The number of rotatable bonds is 5. The molecular formula is C15H29N3O2. The summed E-state index contributed by atoms with van der Waals surface area (Å²) in [5.41, 5.74) is 0.247. The number of nitrogens with one attached hydrogen (secondary N) is 2. The lowest BCUT2D eigenvalue weighted by molar-refractivity contribution is -0.128. The summed E-state index contributed by atoms with van der Waals surface area (Å²) < 4.78 is 5.67. The Bertz CT molecular complexity index is 308. The van der Waals surface area contributed by atoms with Crippen LogP contribution in [0.25, 0.3) is 0 Å². The molecule has 0 saturated carbocycles. The summed E-state index contributed by atoms with van der Waals surface area (Å²) in [4.78, 5) is 14.2. The highest BCUT2D eigenvalue weighted by atomic mass is 16.5. The molecule has 0 unspecified atom stereocenters. The van der Waals surface area contributed by atoms with Crippen molar-refractivity contribution in [3.8, 4) is 0 Å². The molecule has 2 saturated heterocycles. The van der Waals surface area contributed by atoms with E-state index in [2.05, 4.69) is 29.5 Å². The van der Waals surface area contributed by atoms with Gasteiger partial charge in [0, 0.05) is 6.54 Å². The van der Waals surface area contributed by atoms with Crippen molar-refractivity contribution in [1.29, 1.82) is 0 Å². The normalized spacial score (nSPS) is 24.5. The monoisotopic (exact) mass is 283 g/mol. The van der Waals surface area contributed by atoms with Crippen LogP contribution in [-0.2, 0) is 9.53 Å². The molecule has 116 valence electrons. The lowest BCUT2D eigenvalue weighted by Crippen LogP contribution is -2.44. The van der Waals surface area contributed by atoms with Gasteiger partial charge in [0.2, 0.25) is 5.91 Å². The SMILES string of the molecule is CN1CCC(C)(CNC(=O)COC2CCNCC2)CC1. The fraction of sp³-hybridized carbons (Fsp3) is 0.933. The van der Waals surface area contributed by atoms with Crippen molar-refractivity contribution in [2.45, 2.75) is 38.7 Å². The Morgan fingerprint density at radius 2 is 2.00 bits per heavy atom. The molecule has 0 atom stereocenters. The van der Waals surface area contributed by atoms with Gasteiger partial charge in [0.05, 0.1) is 6.10 Å². The number of ether oxygens (including phenoxy) is 1. The standard InChI is InChI=1S/C15H29N3O2/c1-15(5-9-18(2)10-6-15)12-17-14(19)11-20-13-3-7-16-8-4-13/h13,16H,3-12H2,1-2H3,(H,17,19). The van der Waals surface area contributed by atoms with E-state index in [1.807, 2.05) is 0 Å². The Labute approximate surface area is 122 Å². The molecule has 20 heavy (non-hydrogen) atoms. The fourth-order valence-corrected chi connectivity index (χ4v) is 2.85. The molecule has 2 rings (SSSR count). The first-order chi connectivity index (χ1) is 9.57. The third-order valence-electron chi connectivity index (χ3n) is 4.64. The zero-order chi connectivity index (χ0) is 14.4. The summed E-state index contributed by atoms with van der Waals surface area (Å²) in [6.45, 7) is 7.50. The number of carbonyl (C=O) groups excluding carboxylic acids is 1. The Morgan fingerprint density at radius 3 is 2.65 bits per heavy atom. The van der Waals surface area contributed by atoms with Crippen molar-refractivity contribution >= 4 is 5.91 Å². The van der Waals surface area contributed by atoms with Crippen LogP contribution in [0, 0.1) is 5.41 Å². The molecule has 5 heteroatoms. The molecule has 2 N–H and O–H groups in total. The minimum absolute atomic E-state index is 0.0312. The first kappa shape index (κ1) is 15.7. The predicted octanol–water partition coefficient (Wildman–Crippen LogP) is 0.603. The second kappa shape index (κ2) is 7.38. The predicted molar refractivity (Wildman–Crippen MR) is 79.7 cm³/mol. The maximum atomic E-state index is 11.9. The van der Waals surface area contributed by atoms with E-state index in [0.29, 0.717) is 0 Å². The van der Waals surface area contributed by atoms with Crippen molar-refractivity contribution in [1.82, 2.24) is 15.5 Å². The highest BCUT2D eigenvalue weighted by molar-refractivity contribution is 5.77. The fourth-order valence-electron chi connectivity index (χ4n) is 2.85. The maximum Gasteiger partial charge on any atom is 0.246 e. The van der Waals surface area contributed by atoms with Crippen LogP contribution in [0.3, 0.4) is 0 Å². The van der Waals surface area contributed by atoms with E-state index in [0.717, 1.165) is 58.4 Å². The van der Waals surface area contributed by atoms with Crippen molar-refractivity contribution in [2.75, 3.05) is 46.4 Å². The second-order valence-corrected chi connectivity index (χ2v) is 6.65. The highest BCUT2D eigenvalue weighted by Gasteiger charge is 2.29. The number of amides is 1. The van der Waals surface area contributed by atoms with Gasteiger partial charge in [-0.25, -0.2) is 0 Å². The minimum Gasteiger partial charge on any atom is -0.368 e. The van der Waals surface area contributed by atoms with Crippen molar-refractivity contribution < 1.29 is 9.53 Å². The lowest BCUT2D eigenvalue weighted by Gasteiger charge is -2.38. The zero-order valence-corrected chi connectivity index (χ0v) is 12.9. The topological polar surface area (TPSA) is 53.6 Å². The number of hydrogen-bond acceptors (Lipinski definition) is 4. The van der Waals surface area contributed by atoms with E-state index in [4.69, 9.17) is 4.74 Å². The Kier molecular flexibility index (Phi) is 5.81. The molecule has 2 aliphatic heterocycles. The number of likely N-dealkylation sites (tertiary alicyclic amines) is 1. The molecule has 0 aromatic rings. The van der Waals surface area contributed by atoms with E-state index in [1.165, 1.54) is 0 Å². The highest BCUT2D eigenvalue weighted by Crippen LogP contribution is 2.29. The van der Waals surface area contributed by atoms with Gasteiger partial charge in [0.1, 0.15) is 6.61 Å². The molecular weight excluding hydrogens is 254 g/mol. The van der Waals surface area contributed by atoms with Gasteiger partial charge in [-0.05, 0) is 64.3 Å². The largest absolute Gasteiger partial charge is 0.368 e. The quantitative estimate of drug-likeness (QED) is 0.776. The maximum absolute atomic E-state index is 11.9. The van der Waals surface area contributed by atoms with Gasteiger partial charge in [-0.3, -0.25) is 4.79 Å². The van der Waals surface area contributed by atoms with Gasteiger partial charge >= 0.3 is 0 Å². The van der Waals surface area contributed by atoms with Crippen LogP contribution in [0.2, 0.25) is 0 Å². The Hall–Kier alpha value is -0.650. The third-order valence-corrected chi connectivity index (χ3v) is 4.64. The second-order valence-electron chi connectivity index (χ2n) is 6.65. The van der Waals surface area contributed by atoms with Crippen LogP contribution in [0.15, 0.2) is 0 Å². The number of nitrogens with zero attached hydrogens (tertiary/aromatic N) is 1. The van der Waals surface area contributed by atoms with Gasteiger partial charge in [0.25, 0.3) is 0 Å². The van der Waals surface area contributed by atoms with Gasteiger partial charge in [0.15, 0.2) is 0 Å². The Balaban J connectivity index is 1.62. The molecule has 0 aromatic carbocycles. The first-order valence-electron chi connectivity index (χ1n) is 7.85. The third kappa shape index (κ3) is 5.04. The first-order valence-corrected chi connectivity index (χ1v) is 7.85. The summed E-state index contributed by atoms with van der Waals surface area (Å²) in [6, 6.07) is 0. The molecule has 0 radical (unpaired) electrons. The molecule has 0 aromatic heterocycles. The molecule has 2 aliphatic rings. The van der Waals surface area contributed by atoms with Gasteiger partial charge in [-0.15, -0.1) is 0 Å². The van der Waals surface area contributed by atoms with Crippen LogP contribution >= 0.6 is 0 Å². The number of piperidine rings is 2. The van der Waals surface area contributed by atoms with E-state index >= 15 is 0 Å². The van der Waals surface area contributed by atoms with Gasteiger partial charge < -0.3 is 20.3 Å². The number of carbonyl (C=O) groups is 1. The van der Waals surface area contributed by atoms with Crippen LogP contribution in [0.1, 0.15) is 32.6 Å². The van der Waals surface area contributed by atoms with Crippen LogP contribution < -0.4 is 10.6 Å². The molecule has 2 fully saturated rings. The van der Waals surface area contributed by atoms with Crippen molar-refractivity contribution in [3.05, 3.63) is 0 Å². The van der Waals surface area contributed by atoms with Crippen molar-refractivity contribution in [2.24, 2.45) is 5.41 Å². The molecule has 0 aliphatic carbocycles. The van der Waals surface area contributed by atoms with Crippen LogP contribution in [0.4, 0.5) is 0 Å². The summed E-state index contributed by atoms with van der Waals surface area (Å²) >= 11 is 0. The van der Waals surface area contributed by atoms with Crippen LogP contribution in [0.5, 0.6) is 0 Å². The average molecular weight is 283 g/mol. The van der Waals surface area contributed by atoms with Gasteiger partial charge in [-0.1, -0.05) is 6.92 Å². The summed E-state index contributed by atoms with van der Waals surface area (Å²) in [6.07, 6.45) is 4.58. The van der Waals surface area contributed by atoms with E-state index in [1.54, 1.807) is 0 Å². The smallest absolute Gasteiger partial charge is 0.246 e. The van der Waals surface area contributed by atoms with E-state index in [-0.39, 0.29) is 24.0 Å². The van der Waals surface area contributed by atoms with E-state index in [9.17, 15) is 4.79 Å². The lowest BCUT2D eigenvalue weighted by atomic mass is 9.80. The molecule has 0 bridgehead atoms.